The highest BCUT2D eigenvalue weighted by Gasteiger charge is 2.61. The van der Waals surface area contributed by atoms with Crippen LogP contribution in [-0.2, 0) is 19.1 Å². The zero-order chi connectivity index (χ0) is 17.1. The summed E-state index contributed by atoms with van der Waals surface area (Å²) in [6, 6.07) is 0.199. The van der Waals surface area contributed by atoms with Crippen molar-refractivity contribution < 1.29 is 19.1 Å². The molecule has 0 bridgehead atoms. The maximum absolute atomic E-state index is 13.0. The fourth-order valence-corrected chi connectivity index (χ4v) is 5.00. The van der Waals surface area contributed by atoms with Gasteiger partial charge in [0.2, 0.25) is 11.8 Å². The van der Waals surface area contributed by atoms with Crippen LogP contribution < -0.4 is 0 Å². The van der Waals surface area contributed by atoms with Crippen LogP contribution in [0.25, 0.3) is 0 Å². The molecule has 0 aromatic heterocycles. The summed E-state index contributed by atoms with van der Waals surface area (Å²) >= 11 is 0. The lowest BCUT2D eigenvalue weighted by Crippen LogP contribution is -2.51. The molecule has 7 heteroatoms. The molecule has 0 N–H and O–H groups in total. The van der Waals surface area contributed by atoms with Crippen LogP contribution in [0, 0.1) is 23.2 Å². The van der Waals surface area contributed by atoms with E-state index in [4.69, 9.17) is 9.47 Å². The average molecular weight is 337 g/mol. The van der Waals surface area contributed by atoms with E-state index >= 15 is 0 Å². The second-order valence-electron chi connectivity index (χ2n) is 8.19. The Bertz CT molecular complexity index is 544. The van der Waals surface area contributed by atoms with Crippen molar-refractivity contribution in [1.82, 2.24) is 14.7 Å². The van der Waals surface area contributed by atoms with Crippen molar-refractivity contribution in [3.8, 4) is 0 Å². The highest BCUT2D eigenvalue weighted by molar-refractivity contribution is 5.83. The molecular formula is C17H27N3O4. The number of carbonyl (C=O) groups excluding carboxylic acids is 2. The second-order valence-corrected chi connectivity index (χ2v) is 8.19. The monoisotopic (exact) mass is 337 g/mol. The van der Waals surface area contributed by atoms with Crippen molar-refractivity contribution in [2.45, 2.75) is 6.04 Å². The van der Waals surface area contributed by atoms with Gasteiger partial charge in [0.05, 0.1) is 19.8 Å². The van der Waals surface area contributed by atoms with Gasteiger partial charge in [0.15, 0.2) is 0 Å². The molecule has 5 atom stereocenters. The van der Waals surface area contributed by atoms with Crippen LogP contribution in [0.4, 0.5) is 0 Å². The minimum absolute atomic E-state index is 0.0167. The first-order valence-corrected chi connectivity index (χ1v) is 8.77. The smallest absolute Gasteiger partial charge is 0.248 e. The predicted molar refractivity (Wildman–Crippen MR) is 86.2 cm³/mol. The first-order valence-electron chi connectivity index (χ1n) is 8.77. The molecule has 24 heavy (non-hydrogen) atoms. The topological polar surface area (TPSA) is 62.3 Å². The summed E-state index contributed by atoms with van der Waals surface area (Å²) < 4.78 is 11.1. The van der Waals surface area contributed by atoms with Crippen LogP contribution in [0.2, 0.25) is 0 Å². The molecule has 1 unspecified atom stereocenters. The van der Waals surface area contributed by atoms with E-state index in [1.54, 1.807) is 4.90 Å². The molecule has 4 fully saturated rings. The number of amides is 2. The number of likely N-dealkylation sites (tertiary alicyclic amines) is 1. The lowest BCUT2D eigenvalue weighted by Gasteiger charge is -2.37. The predicted octanol–water partition coefficient (Wildman–Crippen LogP) is -0.874. The number of fused-ring (bicyclic) bond motifs is 1. The minimum Gasteiger partial charge on any atom is -0.381 e. The lowest BCUT2D eigenvalue weighted by atomic mass is 9.82. The van der Waals surface area contributed by atoms with Gasteiger partial charge in [-0.2, -0.15) is 0 Å². The maximum atomic E-state index is 13.0. The van der Waals surface area contributed by atoms with Crippen LogP contribution in [0.15, 0.2) is 0 Å². The molecule has 134 valence electrons. The largest absolute Gasteiger partial charge is 0.381 e. The van der Waals surface area contributed by atoms with Gasteiger partial charge in [-0.05, 0) is 25.9 Å². The van der Waals surface area contributed by atoms with E-state index < -0.39 is 0 Å². The van der Waals surface area contributed by atoms with Crippen LogP contribution >= 0.6 is 0 Å². The van der Waals surface area contributed by atoms with Gasteiger partial charge in [-0.3, -0.25) is 9.59 Å². The van der Waals surface area contributed by atoms with Gasteiger partial charge in [0.25, 0.3) is 0 Å². The zero-order valence-electron chi connectivity index (χ0n) is 14.7. The second kappa shape index (κ2) is 5.68. The molecule has 4 aliphatic rings. The Hall–Kier alpha value is -1.18. The Labute approximate surface area is 142 Å². The summed E-state index contributed by atoms with van der Waals surface area (Å²) in [6.45, 7) is 4.15. The standard InChI is InChI=1S/C17H27N3O4/c1-18(2)13-4-20(16(22)15-11-5-23-6-12(11)15)9-17(13)8-19(3)14(21)7-24-10-17/h11-13,15H,4-10H2,1-3H3/t11-,12+,13-,15?,17-/m1/s1. The first-order chi connectivity index (χ1) is 11.4. The third-order valence-electron chi connectivity index (χ3n) is 6.37. The van der Waals surface area contributed by atoms with Gasteiger partial charge < -0.3 is 24.2 Å². The van der Waals surface area contributed by atoms with Crippen molar-refractivity contribution in [3.63, 3.8) is 0 Å². The molecular weight excluding hydrogens is 310 g/mol. The quantitative estimate of drug-likeness (QED) is 0.655. The van der Waals surface area contributed by atoms with Gasteiger partial charge in [-0.15, -0.1) is 0 Å². The van der Waals surface area contributed by atoms with E-state index in [0.717, 1.165) is 13.2 Å². The first kappa shape index (κ1) is 16.3. The molecule has 3 aliphatic heterocycles. The Morgan fingerprint density at radius 1 is 1.21 bits per heavy atom. The molecule has 0 aromatic rings. The molecule has 0 radical (unpaired) electrons. The molecule has 3 heterocycles. The molecule has 1 saturated carbocycles. The summed E-state index contributed by atoms with van der Waals surface area (Å²) in [6.07, 6.45) is 0. The summed E-state index contributed by atoms with van der Waals surface area (Å²) in [5.74, 6) is 1.31. The van der Waals surface area contributed by atoms with Gasteiger partial charge in [-0.25, -0.2) is 0 Å². The summed E-state index contributed by atoms with van der Waals surface area (Å²) in [5.41, 5.74) is -0.208. The number of hydrogen-bond acceptors (Lipinski definition) is 5. The molecule has 1 spiro atoms. The average Bonchev–Trinajstić information content (AvgIpc) is 2.90. The molecule has 1 aliphatic carbocycles. The number of carbonyl (C=O) groups is 2. The van der Waals surface area contributed by atoms with Gasteiger partial charge in [0, 0.05) is 44.1 Å². The van der Waals surface area contributed by atoms with Crippen LogP contribution in [0.1, 0.15) is 0 Å². The maximum Gasteiger partial charge on any atom is 0.248 e. The van der Waals surface area contributed by atoms with Crippen molar-refractivity contribution in [2.24, 2.45) is 23.2 Å². The molecule has 3 saturated heterocycles. The summed E-state index contributed by atoms with van der Waals surface area (Å²) in [5, 5.41) is 0. The minimum atomic E-state index is -0.208. The van der Waals surface area contributed by atoms with Crippen molar-refractivity contribution in [3.05, 3.63) is 0 Å². The third-order valence-corrected chi connectivity index (χ3v) is 6.37. The molecule has 0 aromatic carbocycles. The Morgan fingerprint density at radius 2 is 1.92 bits per heavy atom. The Kier molecular flexibility index (Phi) is 3.85. The number of likely N-dealkylation sites (N-methyl/N-ethyl adjacent to an activating group) is 2. The van der Waals surface area contributed by atoms with Crippen LogP contribution in [0.5, 0.6) is 0 Å². The Balaban J connectivity index is 1.53. The van der Waals surface area contributed by atoms with Crippen LogP contribution in [0.3, 0.4) is 0 Å². The van der Waals surface area contributed by atoms with Crippen molar-refractivity contribution in [1.29, 1.82) is 0 Å². The van der Waals surface area contributed by atoms with E-state index in [9.17, 15) is 9.59 Å². The van der Waals surface area contributed by atoms with E-state index in [-0.39, 0.29) is 35.8 Å². The Morgan fingerprint density at radius 3 is 2.58 bits per heavy atom. The van der Waals surface area contributed by atoms with Gasteiger partial charge in [-0.1, -0.05) is 0 Å². The SMILES string of the molecule is CN1C[C@]2(COCC1=O)CN(C(=O)C1[C@H]3COC[C@@H]13)C[C@H]2N(C)C. The number of ether oxygens (including phenoxy) is 2. The van der Waals surface area contributed by atoms with Gasteiger partial charge >= 0.3 is 0 Å². The fourth-order valence-electron chi connectivity index (χ4n) is 5.00. The lowest BCUT2D eigenvalue weighted by molar-refractivity contribution is -0.133. The van der Waals surface area contributed by atoms with E-state index in [1.165, 1.54) is 0 Å². The number of rotatable bonds is 2. The normalized spacial score (nSPS) is 41.9. The molecule has 2 amide bonds. The van der Waals surface area contributed by atoms with Crippen molar-refractivity contribution in [2.75, 3.05) is 67.2 Å². The van der Waals surface area contributed by atoms with Crippen LogP contribution in [-0.4, -0.2) is 99.8 Å². The van der Waals surface area contributed by atoms with E-state index in [2.05, 4.69) is 4.90 Å². The van der Waals surface area contributed by atoms with E-state index in [1.807, 2.05) is 26.0 Å². The van der Waals surface area contributed by atoms with Gasteiger partial charge in [0.1, 0.15) is 6.61 Å². The highest BCUT2D eigenvalue weighted by atomic mass is 16.5. The van der Waals surface area contributed by atoms with E-state index in [0.29, 0.717) is 38.1 Å². The third kappa shape index (κ3) is 2.45. The fraction of sp³-hybridized carbons (Fsp3) is 0.882. The highest BCUT2D eigenvalue weighted by Crippen LogP contribution is 2.52. The zero-order valence-corrected chi connectivity index (χ0v) is 14.7. The summed E-state index contributed by atoms with van der Waals surface area (Å²) in [4.78, 5) is 30.9. The molecule has 7 nitrogen and oxygen atoms in total. The van der Waals surface area contributed by atoms with Crippen molar-refractivity contribution >= 4 is 11.8 Å². The number of nitrogens with zero attached hydrogens (tertiary/aromatic N) is 3. The number of hydrogen-bond donors (Lipinski definition) is 0. The molecule has 4 rings (SSSR count). The summed E-state index contributed by atoms with van der Waals surface area (Å²) in [7, 11) is 5.93.